The van der Waals surface area contributed by atoms with E-state index in [1.54, 1.807) is 6.20 Å². The summed E-state index contributed by atoms with van der Waals surface area (Å²) < 4.78 is 0. The van der Waals surface area contributed by atoms with Crippen LogP contribution in [0.1, 0.15) is 50.6 Å². The van der Waals surface area contributed by atoms with Crippen LogP contribution in [0.15, 0.2) is 35.3 Å². The molecular formula is C21H28N4O. The standard InChI is InChI=1S/C21H28N4O/c1-16(24-11-3-2-4-12-24)17-7-9-18(10-8-17)20-19(15-22-23-21(20)26)25-13-5-6-14-25/h7-10,15-16H,2-6,11-14H2,1H3,(H,23,26)/t16-/m1/s1. The van der Waals surface area contributed by atoms with Crippen molar-refractivity contribution in [2.75, 3.05) is 31.1 Å². The monoisotopic (exact) mass is 352 g/mol. The first kappa shape index (κ1) is 17.3. The van der Waals surface area contributed by atoms with Crippen molar-refractivity contribution in [1.29, 1.82) is 0 Å². The molecule has 2 aromatic rings. The maximum atomic E-state index is 12.5. The Hall–Kier alpha value is -2.14. The van der Waals surface area contributed by atoms with Gasteiger partial charge in [0, 0.05) is 19.1 Å². The molecule has 2 aliphatic heterocycles. The van der Waals surface area contributed by atoms with Crippen LogP contribution in [0.4, 0.5) is 5.69 Å². The fourth-order valence-corrected chi connectivity index (χ4v) is 4.31. The van der Waals surface area contributed by atoms with Crippen LogP contribution >= 0.6 is 0 Å². The van der Waals surface area contributed by atoms with Crippen LogP contribution in [0.2, 0.25) is 0 Å². The molecule has 1 aromatic carbocycles. The summed E-state index contributed by atoms with van der Waals surface area (Å²) in [5.74, 6) is 0. The lowest BCUT2D eigenvalue weighted by atomic mass is 9.99. The van der Waals surface area contributed by atoms with Gasteiger partial charge >= 0.3 is 0 Å². The molecular weight excluding hydrogens is 324 g/mol. The Morgan fingerprint density at radius 2 is 1.62 bits per heavy atom. The molecule has 3 heterocycles. The van der Waals surface area contributed by atoms with Crippen molar-refractivity contribution in [1.82, 2.24) is 15.1 Å². The van der Waals surface area contributed by atoms with Crippen molar-refractivity contribution >= 4 is 5.69 Å². The van der Waals surface area contributed by atoms with Crippen molar-refractivity contribution in [2.24, 2.45) is 0 Å². The number of hydrogen-bond donors (Lipinski definition) is 1. The van der Waals surface area contributed by atoms with Gasteiger partial charge in [-0.1, -0.05) is 30.7 Å². The molecule has 0 spiro atoms. The number of aromatic amines is 1. The number of anilines is 1. The Kier molecular flexibility index (Phi) is 5.07. The summed E-state index contributed by atoms with van der Waals surface area (Å²) in [5, 5.41) is 6.65. The van der Waals surface area contributed by atoms with Crippen LogP contribution < -0.4 is 10.5 Å². The van der Waals surface area contributed by atoms with Crippen LogP contribution in [0.25, 0.3) is 11.1 Å². The Morgan fingerprint density at radius 3 is 2.31 bits per heavy atom. The minimum absolute atomic E-state index is 0.105. The SMILES string of the molecule is C[C@H](c1ccc(-c2c(N3CCCC3)cn[nH]c2=O)cc1)N1CCCCC1. The summed E-state index contributed by atoms with van der Waals surface area (Å²) >= 11 is 0. The van der Waals surface area contributed by atoms with E-state index in [4.69, 9.17) is 0 Å². The van der Waals surface area contributed by atoms with Gasteiger partial charge < -0.3 is 4.90 Å². The van der Waals surface area contributed by atoms with Gasteiger partial charge in [-0.2, -0.15) is 5.10 Å². The topological polar surface area (TPSA) is 52.2 Å². The normalized spacial score (nSPS) is 19.7. The number of H-pyrrole nitrogens is 1. The first-order valence-corrected chi connectivity index (χ1v) is 9.91. The summed E-state index contributed by atoms with van der Waals surface area (Å²) in [6.45, 7) is 6.66. The highest BCUT2D eigenvalue weighted by Gasteiger charge is 2.21. The molecule has 0 amide bonds. The van der Waals surface area contributed by atoms with E-state index in [0.29, 0.717) is 6.04 Å². The smallest absolute Gasteiger partial charge is 0.274 e. The van der Waals surface area contributed by atoms with Crippen LogP contribution in [0, 0.1) is 0 Å². The summed E-state index contributed by atoms with van der Waals surface area (Å²) in [4.78, 5) is 17.4. The lowest BCUT2D eigenvalue weighted by molar-refractivity contribution is 0.175. The van der Waals surface area contributed by atoms with Crippen molar-refractivity contribution in [3.8, 4) is 11.1 Å². The van der Waals surface area contributed by atoms with Crippen LogP contribution in [0.5, 0.6) is 0 Å². The molecule has 138 valence electrons. The highest BCUT2D eigenvalue weighted by Crippen LogP contribution is 2.31. The molecule has 0 aliphatic carbocycles. The Morgan fingerprint density at radius 1 is 0.962 bits per heavy atom. The first-order valence-electron chi connectivity index (χ1n) is 9.91. The van der Waals surface area contributed by atoms with E-state index in [0.717, 1.165) is 29.9 Å². The summed E-state index contributed by atoms with van der Waals surface area (Å²) in [6.07, 6.45) is 8.11. The fraction of sp³-hybridized carbons (Fsp3) is 0.524. The zero-order valence-electron chi connectivity index (χ0n) is 15.6. The molecule has 0 unspecified atom stereocenters. The fourth-order valence-electron chi connectivity index (χ4n) is 4.31. The van der Waals surface area contributed by atoms with Crippen LogP contribution in [0.3, 0.4) is 0 Å². The van der Waals surface area contributed by atoms with Gasteiger partial charge in [0.2, 0.25) is 0 Å². The third kappa shape index (κ3) is 3.40. The van der Waals surface area contributed by atoms with E-state index in [2.05, 4.69) is 51.2 Å². The molecule has 0 saturated carbocycles. The molecule has 26 heavy (non-hydrogen) atoms. The van der Waals surface area contributed by atoms with Gasteiger partial charge in [0.1, 0.15) is 0 Å². The highest BCUT2D eigenvalue weighted by molar-refractivity contribution is 5.77. The Balaban J connectivity index is 1.62. The largest absolute Gasteiger partial charge is 0.370 e. The Labute approximate surface area is 155 Å². The predicted molar refractivity (Wildman–Crippen MR) is 106 cm³/mol. The second-order valence-electron chi connectivity index (χ2n) is 7.55. The molecule has 0 bridgehead atoms. The lowest BCUT2D eigenvalue weighted by Gasteiger charge is -2.32. The van der Waals surface area contributed by atoms with Crippen LogP contribution in [-0.2, 0) is 0 Å². The van der Waals surface area contributed by atoms with Gasteiger partial charge in [0.25, 0.3) is 5.56 Å². The molecule has 1 aromatic heterocycles. The summed E-state index contributed by atoms with van der Waals surface area (Å²) in [6, 6.07) is 8.99. The van der Waals surface area contributed by atoms with Gasteiger partial charge in [-0.15, -0.1) is 0 Å². The average Bonchev–Trinajstić information content (AvgIpc) is 3.23. The number of likely N-dealkylation sites (tertiary alicyclic amines) is 1. The number of benzene rings is 1. The van der Waals surface area contributed by atoms with E-state index in [-0.39, 0.29) is 5.56 Å². The number of nitrogens with zero attached hydrogens (tertiary/aromatic N) is 3. The van der Waals surface area contributed by atoms with E-state index >= 15 is 0 Å². The van der Waals surface area contributed by atoms with Gasteiger partial charge in [-0.3, -0.25) is 9.69 Å². The quantitative estimate of drug-likeness (QED) is 0.914. The molecule has 2 saturated heterocycles. The number of rotatable bonds is 4. The Bertz CT molecular complexity index is 786. The second-order valence-corrected chi connectivity index (χ2v) is 7.55. The highest BCUT2D eigenvalue weighted by atomic mass is 16.1. The lowest BCUT2D eigenvalue weighted by Crippen LogP contribution is -2.32. The number of nitrogens with one attached hydrogen (secondary N) is 1. The number of aromatic nitrogens is 2. The van der Waals surface area contributed by atoms with E-state index in [9.17, 15) is 4.79 Å². The zero-order valence-corrected chi connectivity index (χ0v) is 15.6. The minimum atomic E-state index is -0.105. The number of hydrogen-bond acceptors (Lipinski definition) is 4. The maximum absolute atomic E-state index is 12.5. The maximum Gasteiger partial charge on any atom is 0.274 e. The average molecular weight is 352 g/mol. The van der Waals surface area contributed by atoms with E-state index < -0.39 is 0 Å². The van der Waals surface area contributed by atoms with Crippen molar-refractivity contribution in [2.45, 2.75) is 45.1 Å². The molecule has 5 nitrogen and oxygen atoms in total. The van der Waals surface area contributed by atoms with E-state index in [1.807, 2.05) is 0 Å². The van der Waals surface area contributed by atoms with E-state index in [1.165, 1.54) is 50.8 Å². The third-order valence-corrected chi connectivity index (χ3v) is 5.90. The molecule has 4 rings (SSSR count). The molecule has 0 radical (unpaired) electrons. The summed E-state index contributed by atoms with van der Waals surface area (Å²) in [5.41, 5.74) is 3.90. The molecule has 2 fully saturated rings. The molecule has 2 aliphatic rings. The van der Waals surface area contributed by atoms with Gasteiger partial charge in [0.05, 0.1) is 17.4 Å². The molecule has 1 atom stereocenters. The minimum Gasteiger partial charge on any atom is -0.370 e. The second kappa shape index (κ2) is 7.62. The van der Waals surface area contributed by atoms with Crippen molar-refractivity contribution in [3.63, 3.8) is 0 Å². The van der Waals surface area contributed by atoms with Crippen molar-refractivity contribution < 1.29 is 0 Å². The summed E-state index contributed by atoms with van der Waals surface area (Å²) in [7, 11) is 0. The van der Waals surface area contributed by atoms with Crippen LogP contribution in [-0.4, -0.2) is 41.3 Å². The van der Waals surface area contributed by atoms with Crippen molar-refractivity contribution in [3.05, 3.63) is 46.4 Å². The predicted octanol–water partition coefficient (Wildman–Crippen LogP) is 3.58. The number of piperidine rings is 1. The van der Waals surface area contributed by atoms with Gasteiger partial charge in [-0.25, -0.2) is 5.10 Å². The molecule has 5 heteroatoms. The third-order valence-electron chi connectivity index (χ3n) is 5.90. The first-order chi connectivity index (χ1) is 12.7. The molecule has 1 N–H and O–H groups in total. The zero-order chi connectivity index (χ0) is 17.9. The van der Waals surface area contributed by atoms with Gasteiger partial charge in [-0.05, 0) is 56.8 Å². The van der Waals surface area contributed by atoms with Gasteiger partial charge in [0.15, 0.2) is 0 Å².